The molecular formula is C15H22BrClO2. The van der Waals surface area contributed by atoms with Crippen LogP contribution in [0.3, 0.4) is 0 Å². The highest BCUT2D eigenvalue weighted by molar-refractivity contribution is 9.10. The van der Waals surface area contributed by atoms with Gasteiger partial charge in [0.2, 0.25) is 0 Å². The van der Waals surface area contributed by atoms with E-state index in [4.69, 9.17) is 21.1 Å². The summed E-state index contributed by atoms with van der Waals surface area (Å²) in [6, 6.07) is 3.87. The quantitative estimate of drug-likeness (QED) is 0.441. The standard InChI is InChI=1S/C15H22BrClO2/c1-4-5-6-7-8-13(17)11-9-15(19-3)12(16)10-14(11)18-2/h9-10,13H,4-8H2,1-3H3. The van der Waals surface area contributed by atoms with Gasteiger partial charge in [0.15, 0.2) is 0 Å². The lowest BCUT2D eigenvalue weighted by molar-refractivity contribution is 0.395. The summed E-state index contributed by atoms with van der Waals surface area (Å²) in [7, 11) is 3.32. The average Bonchev–Trinajstić information content (AvgIpc) is 2.42. The molecule has 2 nitrogen and oxygen atoms in total. The van der Waals surface area contributed by atoms with Crippen LogP contribution in [0, 0.1) is 0 Å². The summed E-state index contributed by atoms with van der Waals surface area (Å²) >= 11 is 9.96. The Hall–Kier alpha value is -0.410. The largest absolute Gasteiger partial charge is 0.496 e. The monoisotopic (exact) mass is 348 g/mol. The molecule has 0 amide bonds. The molecule has 0 aliphatic heterocycles. The Balaban J connectivity index is 2.79. The van der Waals surface area contributed by atoms with Crippen molar-refractivity contribution < 1.29 is 9.47 Å². The molecular weight excluding hydrogens is 328 g/mol. The van der Waals surface area contributed by atoms with E-state index in [0.717, 1.165) is 34.4 Å². The van der Waals surface area contributed by atoms with Crippen molar-refractivity contribution in [1.29, 1.82) is 0 Å². The summed E-state index contributed by atoms with van der Waals surface area (Å²) in [5.74, 6) is 1.60. The van der Waals surface area contributed by atoms with Crippen LogP contribution >= 0.6 is 27.5 Å². The Morgan fingerprint density at radius 2 is 1.79 bits per heavy atom. The molecule has 4 heteroatoms. The smallest absolute Gasteiger partial charge is 0.133 e. The lowest BCUT2D eigenvalue weighted by Gasteiger charge is -2.16. The number of hydrogen-bond acceptors (Lipinski definition) is 2. The maximum Gasteiger partial charge on any atom is 0.133 e. The molecule has 1 aromatic carbocycles. The number of hydrogen-bond donors (Lipinski definition) is 0. The van der Waals surface area contributed by atoms with Crippen LogP contribution in [0.4, 0.5) is 0 Å². The summed E-state index contributed by atoms with van der Waals surface area (Å²) in [5.41, 5.74) is 1.00. The van der Waals surface area contributed by atoms with Crippen LogP contribution in [-0.4, -0.2) is 14.2 Å². The second kappa shape index (κ2) is 8.70. The highest BCUT2D eigenvalue weighted by Gasteiger charge is 2.16. The van der Waals surface area contributed by atoms with E-state index in [9.17, 15) is 0 Å². The second-order valence-corrected chi connectivity index (χ2v) is 5.93. The number of unbranched alkanes of at least 4 members (excludes halogenated alkanes) is 3. The zero-order valence-electron chi connectivity index (χ0n) is 11.8. The summed E-state index contributed by atoms with van der Waals surface area (Å²) in [5, 5.41) is -0.0335. The summed E-state index contributed by atoms with van der Waals surface area (Å²) in [6.07, 6.45) is 5.84. The number of halogens is 2. The topological polar surface area (TPSA) is 18.5 Å². The van der Waals surface area contributed by atoms with Crippen molar-refractivity contribution in [3.63, 3.8) is 0 Å². The molecule has 0 fully saturated rings. The molecule has 0 aliphatic rings. The van der Waals surface area contributed by atoms with E-state index in [2.05, 4.69) is 22.9 Å². The summed E-state index contributed by atoms with van der Waals surface area (Å²) < 4.78 is 11.6. The number of benzene rings is 1. The molecule has 108 valence electrons. The SMILES string of the molecule is CCCCCCC(Cl)c1cc(OC)c(Br)cc1OC. The molecule has 0 radical (unpaired) electrons. The van der Waals surface area contributed by atoms with Gasteiger partial charge >= 0.3 is 0 Å². The van der Waals surface area contributed by atoms with E-state index in [0.29, 0.717) is 0 Å². The minimum Gasteiger partial charge on any atom is -0.496 e. The first kappa shape index (κ1) is 16.6. The van der Waals surface area contributed by atoms with Crippen molar-refractivity contribution in [2.45, 2.75) is 44.4 Å². The van der Waals surface area contributed by atoms with Crippen LogP contribution in [0.25, 0.3) is 0 Å². The van der Waals surface area contributed by atoms with Crippen molar-refractivity contribution in [3.05, 3.63) is 22.2 Å². The van der Waals surface area contributed by atoms with Crippen LogP contribution < -0.4 is 9.47 Å². The molecule has 19 heavy (non-hydrogen) atoms. The highest BCUT2D eigenvalue weighted by atomic mass is 79.9. The summed E-state index contributed by atoms with van der Waals surface area (Å²) in [4.78, 5) is 0. The number of alkyl halides is 1. The van der Waals surface area contributed by atoms with Gasteiger partial charge in [-0.05, 0) is 34.5 Å². The van der Waals surface area contributed by atoms with Gasteiger partial charge < -0.3 is 9.47 Å². The first-order valence-corrected chi connectivity index (χ1v) is 7.92. The minimum atomic E-state index is -0.0335. The zero-order chi connectivity index (χ0) is 14.3. The molecule has 0 aliphatic carbocycles. The van der Waals surface area contributed by atoms with Crippen LogP contribution in [0.1, 0.15) is 50.0 Å². The molecule has 0 N–H and O–H groups in total. The Bertz CT molecular complexity index is 396. The third kappa shape index (κ3) is 4.88. The molecule has 1 unspecified atom stereocenters. The van der Waals surface area contributed by atoms with Gasteiger partial charge in [0.25, 0.3) is 0 Å². The first-order chi connectivity index (χ1) is 9.13. The van der Waals surface area contributed by atoms with Crippen molar-refractivity contribution in [3.8, 4) is 11.5 Å². The molecule has 1 atom stereocenters. The van der Waals surface area contributed by atoms with Gasteiger partial charge in [-0.25, -0.2) is 0 Å². The van der Waals surface area contributed by atoms with Gasteiger partial charge in [0, 0.05) is 5.56 Å². The molecule has 1 rings (SSSR count). The number of methoxy groups -OCH3 is 2. The van der Waals surface area contributed by atoms with Crippen LogP contribution in [0.15, 0.2) is 16.6 Å². The van der Waals surface area contributed by atoms with Gasteiger partial charge in [-0.15, -0.1) is 11.6 Å². The first-order valence-electron chi connectivity index (χ1n) is 6.69. The fraction of sp³-hybridized carbons (Fsp3) is 0.600. The van der Waals surface area contributed by atoms with Crippen molar-refractivity contribution in [2.75, 3.05) is 14.2 Å². The minimum absolute atomic E-state index is 0.0335. The molecule has 0 saturated carbocycles. The predicted molar refractivity (Wildman–Crippen MR) is 84.6 cm³/mol. The van der Waals surface area contributed by atoms with Gasteiger partial charge in [-0.2, -0.15) is 0 Å². The lowest BCUT2D eigenvalue weighted by Crippen LogP contribution is -1.98. The van der Waals surface area contributed by atoms with Crippen LogP contribution in [0.5, 0.6) is 11.5 Å². The van der Waals surface area contributed by atoms with Crippen LogP contribution in [0.2, 0.25) is 0 Å². The van der Waals surface area contributed by atoms with Crippen molar-refractivity contribution in [1.82, 2.24) is 0 Å². The molecule has 0 heterocycles. The normalized spacial score (nSPS) is 12.3. The fourth-order valence-corrected chi connectivity index (χ4v) is 2.84. The fourth-order valence-electron chi connectivity index (χ4n) is 2.03. The van der Waals surface area contributed by atoms with E-state index in [1.165, 1.54) is 19.3 Å². The van der Waals surface area contributed by atoms with Gasteiger partial charge in [0.1, 0.15) is 11.5 Å². The average molecular weight is 350 g/mol. The molecule has 0 saturated heterocycles. The molecule has 0 spiro atoms. The number of rotatable bonds is 8. The Morgan fingerprint density at radius 1 is 1.11 bits per heavy atom. The molecule has 0 bridgehead atoms. The second-order valence-electron chi connectivity index (χ2n) is 4.55. The Morgan fingerprint density at radius 3 is 2.37 bits per heavy atom. The van der Waals surface area contributed by atoms with Crippen molar-refractivity contribution in [2.24, 2.45) is 0 Å². The highest BCUT2D eigenvalue weighted by Crippen LogP contribution is 2.39. The van der Waals surface area contributed by atoms with E-state index in [-0.39, 0.29) is 5.38 Å². The van der Waals surface area contributed by atoms with Gasteiger partial charge in [-0.1, -0.05) is 32.6 Å². The van der Waals surface area contributed by atoms with E-state index in [1.54, 1.807) is 14.2 Å². The van der Waals surface area contributed by atoms with E-state index < -0.39 is 0 Å². The molecule has 1 aromatic rings. The maximum atomic E-state index is 6.50. The van der Waals surface area contributed by atoms with Crippen molar-refractivity contribution >= 4 is 27.5 Å². The molecule has 0 aromatic heterocycles. The van der Waals surface area contributed by atoms with E-state index in [1.807, 2.05) is 12.1 Å². The maximum absolute atomic E-state index is 6.50. The number of ether oxygens (including phenoxy) is 2. The van der Waals surface area contributed by atoms with Crippen LogP contribution in [-0.2, 0) is 0 Å². The predicted octanol–water partition coefficient (Wildman–Crippen LogP) is 5.72. The van der Waals surface area contributed by atoms with Gasteiger partial charge in [0.05, 0.1) is 24.1 Å². The third-order valence-corrected chi connectivity index (χ3v) is 4.23. The zero-order valence-corrected chi connectivity index (χ0v) is 14.2. The Kier molecular flexibility index (Phi) is 7.62. The summed E-state index contributed by atoms with van der Waals surface area (Å²) in [6.45, 7) is 2.21. The Labute approximate surface area is 129 Å². The lowest BCUT2D eigenvalue weighted by atomic mass is 10.0. The van der Waals surface area contributed by atoms with E-state index >= 15 is 0 Å². The van der Waals surface area contributed by atoms with Gasteiger partial charge in [-0.3, -0.25) is 0 Å². The third-order valence-electron chi connectivity index (χ3n) is 3.15.